The van der Waals surface area contributed by atoms with E-state index in [2.05, 4.69) is 10.5 Å². The number of nitrogens with one attached hydrogen (secondary N) is 1. The summed E-state index contributed by atoms with van der Waals surface area (Å²) < 4.78 is 47.3. The second kappa shape index (κ2) is 10.5. The van der Waals surface area contributed by atoms with Crippen molar-refractivity contribution in [2.75, 3.05) is 18.4 Å². The number of piperidine rings is 1. The van der Waals surface area contributed by atoms with Crippen LogP contribution in [-0.4, -0.2) is 36.9 Å². The molecule has 0 saturated carbocycles. The molecule has 190 valence electrons. The molecule has 3 aromatic rings. The fraction of sp³-hybridized carbons (Fsp3) is 0.308. The lowest BCUT2D eigenvalue weighted by atomic mass is 9.98. The highest BCUT2D eigenvalue weighted by molar-refractivity contribution is 7.89. The van der Waals surface area contributed by atoms with Crippen LogP contribution in [0.5, 0.6) is 0 Å². The van der Waals surface area contributed by atoms with Crippen LogP contribution in [0.2, 0.25) is 5.02 Å². The Balaban J connectivity index is 1.55. The third kappa shape index (κ3) is 5.53. The zero-order chi connectivity index (χ0) is 26.0. The first-order valence-electron chi connectivity index (χ1n) is 11.5. The Labute approximate surface area is 215 Å². The van der Waals surface area contributed by atoms with Crippen LogP contribution in [0.15, 0.2) is 45.8 Å². The van der Waals surface area contributed by atoms with Crippen molar-refractivity contribution >= 4 is 45.4 Å². The summed E-state index contributed by atoms with van der Waals surface area (Å²) in [6.07, 6.45) is 4.44. The molecule has 4 rings (SSSR count). The summed E-state index contributed by atoms with van der Waals surface area (Å²) in [5.41, 5.74) is 3.60. The predicted molar refractivity (Wildman–Crippen MR) is 138 cm³/mol. The van der Waals surface area contributed by atoms with Gasteiger partial charge in [0.1, 0.15) is 11.5 Å². The van der Waals surface area contributed by atoms with Crippen molar-refractivity contribution in [3.8, 4) is 0 Å². The number of benzene rings is 2. The van der Waals surface area contributed by atoms with Gasteiger partial charge in [0.25, 0.3) is 0 Å². The maximum atomic E-state index is 13.6. The molecule has 0 radical (unpaired) electrons. The number of aryl methyl sites for hydroxylation is 3. The van der Waals surface area contributed by atoms with Crippen molar-refractivity contribution in [1.82, 2.24) is 9.46 Å². The van der Waals surface area contributed by atoms with Crippen molar-refractivity contribution in [2.24, 2.45) is 5.92 Å². The van der Waals surface area contributed by atoms with Crippen LogP contribution < -0.4 is 5.32 Å². The Bertz CT molecular complexity index is 1430. The average Bonchev–Trinajstić information content (AvgIpc) is 3.22. The van der Waals surface area contributed by atoms with Gasteiger partial charge in [-0.1, -0.05) is 46.6 Å². The maximum Gasteiger partial charge on any atom is 0.248 e. The molecule has 0 aliphatic carbocycles. The van der Waals surface area contributed by atoms with Gasteiger partial charge in [0.05, 0.1) is 16.6 Å². The molecule has 1 fully saturated rings. The minimum atomic E-state index is -3.99. The summed E-state index contributed by atoms with van der Waals surface area (Å²) in [6.45, 7) is 5.81. The van der Waals surface area contributed by atoms with Crippen LogP contribution in [0.25, 0.3) is 12.2 Å². The Kier molecular flexibility index (Phi) is 7.63. The van der Waals surface area contributed by atoms with Crippen molar-refractivity contribution in [3.05, 3.63) is 75.4 Å². The Morgan fingerprint density at radius 2 is 1.97 bits per heavy atom. The molecular formula is C26H27ClFN3O4S. The van der Waals surface area contributed by atoms with Crippen molar-refractivity contribution in [1.29, 1.82) is 0 Å². The van der Waals surface area contributed by atoms with Crippen molar-refractivity contribution < 1.29 is 22.1 Å². The number of anilines is 1. The number of halogens is 2. The monoisotopic (exact) mass is 531 g/mol. The second-order valence-corrected chi connectivity index (χ2v) is 11.3. The minimum absolute atomic E-state index is 0.00224. The van der Waals surface area contributed by atoms with Gasteiger partial charge in [-0.05, 0) is 69.0 Å². The van der Waals surface area contributed by atoms with Gasteiger partial charge in [-0.3, -0.25) is 4.79 Å². The highest BCUT2D eigenvalue weighted by Gasteiger charge is 2.37. The number of amides is 1. The zero-order valence-corrected chi connectivity index (χ0v) is 21.8. The van der Waals surface area contributed by atoms with E-state index in [9.17, 15) is 17.6 Å². The predicted octanol–water partition coefficient (Wildman–Crippen LogP) is 5.60. The van der Waals surface area contributed by atoms with E-state index in [-0.39, 0.29) is 46.1 Å². The standard InChI is InChI=1S/C26H27ClFN3O4S/c1-16-6-7-17(2)19(13-16)8-11-24-25(18(3)30-35-24)36(33,34)31-12-4-5-20(15-31)26(32)29-23-10-9-21(28)14-22(23)27/h6-11,13-14,20H,4-5,12,15H2,1-3H3,(H,29,32)/b11-8+/t20-/m1/s1. The van der Waals surface area contributed by atoms with Gasteiger partial charge in [0, 0.05) is 13.1 Å². The van der Waals surface area contributed by atoms with Gasteiger partial charge in [-0.2, -0.15) is 4.31 Å². The van der Waals surface area contributed by atoms with Crippen LogP contribution in [-0.2, 0) is 14.8 Å². The maximum absolute atomic E-state index is 13.6. The quantitative estimate of drug-likeness (QED) is 0.447. The zero-order valence-electron chi connectivity index (χ0n) is 20.2. The summed E-state index contributed by atoms with van der Waals surface area (Å²) >= 11 is 6.02. The molecule has 36 heavy (non-hydrogen) atoms. The molecule has 1 saturated heterocycles. The van der Waals surface area contributed by atoms with Gasteiger partial charge >= 0.3 is 0 Å². The summed E-state index contributed by atoms with van der Waals surface area (Å²) in [6, 6.07) is 9.69. The second-order valence-electron chi connectivity index (χ2n) is 8.97. The first kappa shape index (κ1) is 26.1. The smallest absolute Gasteiger partial charge is 0.248 e. The molecule has 1 amide bonds. The third-order valence-corrected chi connectivity index (χ3v) is 8.56. The molecule has 1 aromatic heterocycles. The first-order chi connectivity index (χ1) is 17.1. The van der Waals surface area contributed by atoms with Crippen molar-refractivity contribution in [2.45, 2.75) is 38.5 Å². The summed E-state index contributed by atoms with van der Waals surface area (Å²) in [5, 5.41) is 6.66. The SMILES string of the molecule is Cc1ccc(C)c(/C=C/c2onc(C)c2S(=O)(=O)N2CCC[C@@H](C(=O)Nc3ccc(F)cc3Cl)C2)c1. The molecule has 10 heteroatoms. The molecule has 1 aliphatic heterocycles. The number of carbonyl (C=O) groups is 1. The number of nitrogens with zero attached hydrogens (tertiary/aromatic N) is 2. The van der Waals surface area contributed by atoms with Crippen LogP contribution in [0.3, 0.4) is 0 Å². The number of carbonyl (C=O) groups excluding carboxylic acids is 1. The summed E-state index contributed by atoms with van der Waals surface area (Å²) in [4.78, 5) is 12.9. The normalized spacial score (nSPS) is 17.0. The van der Waals surface area contributed by atoms with E-state index < -0.39 is 21.8 Å². The van der Waals surface area contributed by atoms with Gasteiger partial charge in [-0.25, -0.2) is 12.8 Å². The fourth-order valence-electron chi connectivity index (χ4n) is 4.23. The first-order valence-corrected chi connectivity index (χ1v) is 13.4. The number of sulfonamides is 1. The fourth-order valence-corrected chi connectivity index (χ4v) is 6.22. The van der Waals surface area contributed by atoms with Crippen molar-refractivity contribution in [3.63, 3.8) is 0 Å². The van der Waals surface area contributed by atoms with Crippen LogP contribution in [0.1, 0.15) is 41.0 Å². The molecule has 1 aliphatic rings. The van der Waals surface area contributed by atoms with E-state index >= 15 is 0 Å². The molecular weight excluding hydrogens is 505 g/mol. The van der Waals surface area contributed by atoms with E-state index in [1.165, 1.54) is 16.4 Å². The third-order valence-electron chi connectivity index (χ3n) is 6.22. The van der Waals surface area contributed by atoms with Gasteiger partial charge in [-0.15, -0.1) is 0 Å². The highest BCUT2D eigenvalue weighted by atomic mass is 35.5. The molecule has 1 atom stereocenters. The van der Waals surface area contributed by atoms with Gasteiger partial charge < -0.3 is 9.84 Å². The topological polar surface area (TPSA) is 92.5 Å². The van der Waals surface area contributed by atoms with E-state index in [0.29, 0.717) is 12.8 Å². The van der Waals surface area contributed by atoms with E-state index in [1.54, 1.807) is 19.1 Å². The Hall–Kier alpha value is -3.01. The van der Waals surface area contributed by atoms with Gasteiger partial charge in [0.2, 0.25) is 15.9 Å². The van der Waals surface area contributed by atoms with Crippen LogP contribution in [0.4, 0.5) is 10.1 Å². The molecule has 1 N–H and O–H groups in total. The Morgan fingerprint density at radius 1 is 1.19 bits per heavy atom. The molecule has 7 nitrogen and oxygen atoms in total. The van der Waals surface area contributed by atoms with Crippen LogP contribution in [0, 0.1) is 32.5 Å². The van der Waals surface area contributed by atoms with E-state index in [1.807, 2.05) is 32.0 Å². The minimum Gasteiger partial charge on any atom is -0.355 e. The largest absolute Gasteiger partial charge is 0.355 e. The molecule has 2 heterocycles. The number of hydrogen-bond acceptors (Lipinski definition) is 5. The lowest BCUT2D eigenvalue weighted by Crippen LogP contribution is -2.43. The van der Waals surface area contributed by atoms with E-state index in [4.69, 9.17) is 16.1 Å². The number of hydrogen-bond donors (Lipinski definition) is 1. The molecule has 0 spiro atoms. The molecule has 0 unspecified atom stereocenters. The Morgan fingerprint density at radius 3 is 2.72 bits per heavy atom. The van der Waals surface area contributed by atoms with E-state index in [0.717, 1.165) is 22.8 Å². The van der Waals surface area contributed by atoms with Gasteiger partial charge in [0.15, 0.2) is 10.7 Å². The summed E-state index contributed by atoms with van der Waals surface area (Å²) in [5.74, 6) is -1.35. The molecule has 2 aromatic carbocycles. The summed E-state index contributed by atoms with van der Waals surface area (Å²) in [7, 11) is -3.99. The lowest BCUT2D eigenvalue weighted by Gasteiger charge is -2.31. The highest BCUT2D eigenvalue weighted by Crippen LogP contribution is 2.30. The molecule has 0 bridgehead atoms. The van der Waals surface area contributed by atoms with Crippen LogP contribution >= 0.6 is 11.6 Å². The lowest BCUT2D eigenvalue weighted by molar-refractivity contribution is -0.120. The number of rotatable bonds is 6. The number of aromatic nitrogens is 1. The average molecular weight is 532 g/mol.